The Labute approximate surface area is 83.7 Å². The van der Waals surface area contributed by atoms with Crippen molar-refractivity contribution in [3.63, 3.8) is 0 Å². The molecule has 12 heavy (non-hydrogen) atoms. The average molecular weight is 273 g/mol. The summed E-state index contributed by atoms with van der Waals surface area (Å²) >= 11 is 2.25. The molecule has 2 aromatic rings. The predicted molar refractivity (Wildman–Crippen MR) is 55.8 cm³/mol. The molecular formula is C8H8IN3. The Morgan fingerprint density at radius 2 is 2.33 bits per heavy atom. The third-order valence-corrected chi connectivity index (χ3v) is 2.56. The van der Waals surface area contributed by atoms with Gasteiger partial charge in [0.15, 0.2) is 0 Å². The number of pyridine rings is 1. The van der Waals surface area contributed by atoms with Crippen LogP contribution in [0.15, 0.2) is 24.5 Å². The first-order chi connectivity index (χ1) is 5.81. The van der Waals surface area contributed by atoms with Gasteiger partial charge in [-0.1, -0.05) is 6.07 Å². The van der Waals surface area contributed by atoms with Gasteiger partial charge in [0, 0.05) is 12.7 Å². The van der Waals surface area contributed by atoms with Crippen molar-refractivity contribution in [2.45, 2.75) is 6.54 Å². The fraction of sp³-hybridized carbons (Fsp3) is 0.125. The highest BCUT2D eigenvalue weighted by Gasteiger charge is 1.99. The normalized spacial score (nSPS) is 10.8. The highest BCUT2D eigenvalue weighted by molar-refractivity contribution is 14.1. The molecule has 0 fully saturated rings. The van der Waals surface area contributed by atoms with Crippen LogP contribution in [0.25, 0.3) is 5.65 Å². The van der Waals surface area contributed by atoms with Gasteiger partial charge < -0.3 is 5.73 Å². The summed E-state index contributed by atoms with van der Waals surface area (Å²) in [6, 6.07) is 3.97. The summed E-state index contributed by atoms with van der Waals surface area (Å²) in [4.78, 5) is 4.21. The first-order valence-corrected chi connectivity index (χ1v) is 4.70. The molecule has 0 aliphatic carbocycles. The van der Waals surface area contributed by atoms with Crippen molar-refractivity contribution in [2.75, 3.05) is 0 Å². The molecule has 0 aliphatic heterocycles. The number of imidazole rings is 1. The largest absolute Gasteiger partial charge is 0.326 e. The van der Waals surface area contributed by atoms with E-state index in [1.165, 1.54) is 0 Å². The summed E-state index contributed by atoms with van der Waals surface area (Å²) in [5, 5.41) is 0. The van der Waals surface area contributed by atoms with E-state index in [1.54, 1.807) is 0 Å². The van der Waals surface area contributed by atoms with Crippen LogP contribution in [0, 0.1) is 3.70 Å². The lowest BCUT2D eigenvalue weighted by Gasteiger charge is -1.98. The van der Waals surface area contributed by atoms with Gasteiger partial charge in [-0.25, -0.2) is 4.98 Å². The lowest BCUT2D eigenvalue weighted by Crippen LogP contribution is -1.98. The maximum atomic E-state index is 5.52. The smallest absolute Gasteiger partial charge is 0.137 e. The first-order valence-electron chi connectivity index (χ1n) is 3.63. The average Bonchev–Trinajstić information content (AvgIpc) is 2.47. The lowest BCUT2D eigenvalue weighted by molar-refractivity contribution is 1.02. The maximum Gasteiger partial charge on any atom is 0.137 e. The van der Waals surface area contributed by atoms with Crippen molar-refractivity contribution in [1.82, 2.24) is 9.38 Å². The molecule has 0 unspecified atom stereocenters. The third kappa shape index (κ3) is 1.21. The van der Waals surface area contributed by atoms with E-state index in [0.717, 1.165) is 14.9 Å². The number of hydrogen-bond acceptors (Lipinski definition) is 2. The van der Waals surface area contributed by atoms with Gasteiger partial charge >= 0.3 is 0 Å². The monoisotopic (exact) mass is 273 g/mol. The van der Waals surface area contributed by atoms with Crippen molar-refractivity contribution < 1.29 is 0 Å². The molecule has 0 bridgehead atoms. The van der Waals surface area contributed by atoms with Gasteiger partial charge in [-0.05, 0) is 34.2 Å². The molecule has 0 saturated heterocycles. The Morgan fingerprint density at radius 1 is 1.50 bits per heavy atom. The molecule has 0 aliphatic rings. The molecule has 0 amide bonds. The third-order valence-electron chi connectivity index (χ3n) is 1.76. The van der Waals surface area contributed by atoms with E-state index >= 15 is 0 Å². The minimum absolute atomic E-state index is 0.574. The van der Waals surface area contributed by atoms with E-state index in [-0.39, 0.29) is 0 Å². The van der Waals surface area contributed by atoms with Gasteiger partial charge in [-0.15, -0.1) is 0 Å². The number of nitrogens with zero attached hydrogens (tertiary/aromatic N) is 2. The van der Waals surface area contributed by atoms with Crippen LogP contribution >= 0.6 is 22.6 Å². The molecule has 3 nitrogen and oxygen atoms in total. The zero-order chi connectivity index (χ0) is 8.55. The second-order valence-electron chi connectivity index (χ2n) is 2.55. The summed E-state index contributed by atoms with van der Waals surface area (Å²) in [6.07, 6.45) is 3.86. The predicted octanol–water partition coefficient (Wildman–Crippen LogP) is 1.40. The first kappa shape index (κ1) is 8.00. The molecule has 0 aromatic carbocycles. The standard InChI is InChI=1S/C8H8IN3/c9-7-4-11-8-2-1-6(3-10)5-12(7)8/h1-2,4-5H,3,10H2. The zero-order valence-corrected chi connectivity index (χ0v) is 8.52. The second-order valence-corrected chi connectivity index (χ2v) is 3.66. The van der Waals surface area contributed by atoms with Crippen molar-refractivity contribution in [2.24, 2.45) is 5.73 Å². The molecule has 2 rings (SSSR count). The topological polar surface area (TPSA) is 43.3 Å². The molecule has 0 spiro atoms. The number of aromatic nitrogens is 2. The van der Waals surface area contributed by atoms with Crippen molar-refractivity contribution in [3.05, 3.63) is 33.8 Å². The van der Waals surface area contributed by atoms with Crippen LogP contribution in [0.1, 0.15) is 5.56 Å². The van der Waals surface area contributed by atoms with Crippen molar-refractivity contribution in [3.8, 4) is 0 Å². The zero-order valence-electron chi connectivity index (χ0n) is 6.37. The molecule has 0 atom stereocenters. The summed E-state index contributed by atoms with van der Waals surface area (Å²) in [5.41, 5.74) is 7.62. The van der Waals surface area contributed by atoms with Crippen molar-refractivity contribution >= 4 is 28.2 Å². The fourth-order valence-electron chi connectivity index (χ4n) is 1.12. The van der Waals surface area contributed by atoms with E-state index in [1.807, 2.05) is 28.9 Å². The van der Waals surface area contributed by atoms with E-state index in [0.29, 0.717) is 6.54 Å². The SMILES string of the molecule is NCc1ccc2ncc(I)n2c1. The molecular weight excluding hydrogens is 265 g/mol. The summed E-state index contributed by atoms with van der Waals surface area (Å²) in [6.45, 7) is 0.574. The van der Waals surface area contributed by atoms with Gasteiger partial charge in [0.05, 0.1) is 6.20 Å². The Bertz CT molecular complexity index is 408. The summed E-state index contributed by atoms with van der Waals surface area (Å²) in [5.74, 6) is 0. The number of fused-ring (bicyclic) bond motifs is 1. The van der Waals surface area contributed by atoms with Crippen LogP contribution < -0.4 is 5.73 Å². The van der Waals surface area contributed by atoms with E-state index in [2.05, 4.69) is 27.6 Å². The quantitative estimate of drug-likeness (QED) is 0.798. The molecule has 2 N–H and O–H groups in total. The number of hydrogen-bond donors (Lipinski definition) is 1. The summed E-state index contributed by atoms with van der Waals surface area (Å²) < 4.78 is 3.14. The van der Waals surface area contributed by atoms with Gasteiger partial charge in [0.2, 0.25) is 0 Å². The Balaban J connectivity index is 2.71. The van der Waals surface area contributed by atoms with E-state index < -0.39 is 0 Å². The lowest BCUT2D eigenvalue weighted by atomic mass is 10.3. The maximum absolute atomic E-state index is 5.52. The fourth-order valence-corrected chi connectivity index (χ4v) is 1.64. The molecule has 2 heterocycles. The van der Waals surface area contributed by atoms with Crippen LogP contribution in [0.5, 0.6) is 0 Å². The second kappa shape index (κ2) is 3.02. The van der Waals surface area contributed by atoms with Crippen LogP contribution in [0.2, 0.25) is 0 Å². The van der Waals surface area contributed by atoms with Crippen LogP contribution in [0.3, 0.4) is 0 Å². The van der Waals surface area contributed by atoms with Crippen LogP contribution in [0.4, 0.5) is 0 Å². The minimum atomic E-state index is 0.574. The highest BCUT2D eigenvalue weighted by atomic mass is 127. The number of nitrogens with two attached hydrogens (primary N) is 1. The number of halogens is 1. The Hall–Kier alpha value is -0.620. The van der Waals surface area contributed by atoms with Gasteiger partial charge in [-0.3, -0.25) is 4.40 Å². The van der Waals surface area contributed by atoms with Crippen LogP contribution in [-0.2, 0) is 6.54 Å². The van der Waals surface area contributed by atoms with Gasteiger partial charge in [0.25, 0.3) is 0 Å². The van der Waals surface area contributed by atoms with E-state index in [4.69, 9.17) is 5.73 Å². The molecule has 0 saturated carbocycles. The highest BCUT2D eigenvalue weighted by Crippen LogP contribution is 2.10. The molecule has 2 aromatic heterocycles. The Kier molecular flexibility index (Phi) is 2.02. The molecule has 0 radical (unpaired) electrons. The van der Waals surface area contributed by atoms with Gasteiger partial charge in [-0.2, -0.15) is 0 Å². The molecule has 62 valence electrons. The minimum Gasteiger partial charge on any atom is -0.326 e. The summed E-state index contributed by atoms with van der Waals surface area (Å²) in [7, 11) is 0. The number of rotatable bonds is 1. The van der Waals surface area contributed by atoms with E-state index in [9.17, 15) is 0 Å². The molecule has 4 heteroatoms. The van der Waals surface area contributed by atoms with Gasteiger partial charge in [0.1, 0.15) is 9.35 Å². The van der Waals surface area contributed by atoms with Crippen LogP contribution in [-0.4, -0.2) is 9.38 Å². The van der Waals surface area contributed by atoms with Crippen molar-refractivity contribution in [1.29, 1.82) is 0 Å². The Morgan fingerprint density at radius 3 is 3.08 bits per heavy atom.